The predicted molar refractivity (Wildman–Crippen MR) is 96.0 cm³/mol. The smallest absolute Gasteiger partial charge is 0.334 e. The topological polar surface area (TPSA) is 94.8 Å². The van der Waals surface area contributed by atoms with Crippen LogP contribution in [0.1, 0.15) is 51.7 Å². The number of rotatable bonds is 7. The molecule has 26 heavy (non-hydrogen) atoms. The van der Waals surface area contributed by atoms with Gasteiger partial charge in [-0.05, 0) is 33.6 Å². The Morgan fingerprint density at radius 2 is 1.85 bits per heavy atom. The highest BCUT2D eigenvalue weighted by Gasteiger charge is 2.30. The molecule has 2 rings (SSSR count). The lowest BCUT2D eigenvalue weighted by molar-refractivity contribution is -0.158. The molecule has 8 heteroatoms. The predicted octanol–water partition coefficient (Wildman–Crippen LogP) is 1.96. The van der Waals surface area contributed by atoms with Gasteiger partial charge in [0, 0.05) is 13.1 Å². The fourth-order valence-electron chi connectivity index (χ4n) is 2.70. The van der Waals surface area contributed by atoms with Crippen LogP contribution < -0.4 is 10.1 Å². The molecular formula is C18H26N4O4. The van der Waals surface area contributed by atoms with Gasteiger partial charge in [0.1, 0.15) is 11.2 Å². The van der Waals surface area contributed by atoms with Gasteiger partial charge in [-0.15, -0.1) is 0 Å². The maximum Gasteiger partial charge on any atom is 0.334 e. The first kappa shape index (κ1) is 19.7. The molecule has 2 aromatic heterocycles. The van der Waals surface area contributed by atoms with Gasteiger partial charge in [0.25, 0.3) is 0 Å². The van der Waals surface area contributed by atoms with E-state index in [-0.39, 0.29) is 12.7 Å². The number of esters is 1. The zero-order valence-electron chi connectivity index (χ0n) is 16.2. The minimum absolute atomic E-state index is 0.272. The molecule has 0 saturated carbocycles. The van der Waals surface area contributed by atoms with Crippen molar-refractivity contribution in [3.05, 3.63) is 23.3 Å². The molecule has 1 amide bonds. The SMILES string of the molecule is CCc1nc2c(CC)nc(C)cn2c1OCOC(=O)C(C)(C)NC(C)=O. The van der Waals surface area contributed by atoms with Gasteiger partial charge < -0.3 is 14.8 Å². The van der Waals surface area contributed by atoms with Gasteiger partial charge in [-0.2, -0.15) is 0 Å². The van der Waals surface area contributed by atoms with E-state index in [2.05, 4.69) is 15.3 Å². The summed E-state index contributed by atoms with van der Waals surface area (Å²) < 4.78 is 12.7. The van der Waals surface area contributed by atoms with Gasteiger partial charge in [-0.3, -0.25) is 14.2 Å². The number of imidazole rings is 1. The highest BCUT2D eigenvalue weighted by Crippen LogP contribution is 2.24. The summed E-state index contributed by atoms with van der Waals surface area (Å²) in [5, 5.41) is 2.54. The Kier molecular flexibility index (Phi) is 5.84. The number of nitrogens with zero attached hydrogens (tertiary/aromatic N) is 3. The summed E-state index contributed by atoms with van der Waals surface area (Å²) in [6, 6.07) is 0. The van der Waals surface area contributed by atoms with Crippen molar-refractivity contribution < 1.29 is 19.1 Å². The first-order chi connectivity index (χ1) is 12.2. The van der Waals surface area contributed by atoms with E-state index in [1.54, 1.807) is 13.8 Å². The molecule has 0 aromatic carbocycles. The van der Waals surface area contributed by atoms with E-state index in [1.807, 2.05) is 31.4 Å². The second kappa shape index (κ2) is 7.72. The van der Waals surface area contributed by atoms with E-state index in [0.29, 0.717) is 12.3 Å². The number of hydrogen-bond donors (Lipinski definition) is 1. The largest absolute Gasteiger partial charge is 0.440 e. The van der Waals surface area contributed by atoms with E-state index >= 15 is 0 Å². The summed E-state index contributed by atoms with van der Waals surface area (Å²) in [4.78, 5) is 32.5. The molecule has 0 radical (unpaired) electrons. The van der Waals surface area contributed by atoms with Gasteiger partial charge >= 0.3 is 5.97 Å². The first-order valence-corrected chi connectivity index (χ1v) is 8.65. The molecule has 142 valence electrons. The molecule has 0 atom stereocenters. The second-order valence-electron chi connectivity index (χ2n) is 6.59. The van der Waals surface area contributed by atoms with Crippen LogP contribution in [0.15, 0.2) is 6.20 Å². The zero-order valence-corrected chi connectivity index (χ0v) is 16.2. The summed E-state index contributed by atoms with van der Waals surface area (Å²) in [6.45, 7) is 10.1. The lowest BCUT2D eigenvalue weighted by atomic mass is 10.1. The van der Waals surface area contributed by atoms with Crippen LogP contribution in [0.2, 0.25) is 0 Å². The lowest BCUT2D eigenvalue weighted by Gasteiger charge is -2.23. The quantitative estimate of drug-likeness (QED) is 0.598. The number of fused-ring (bicyclic) bond motifs is 1. The van der Waals surface area contributed by atoms with Crippen LogP contribution in [0, 0.1) is 6.92 Å². The summed E-state index contributed by atoms with van der Waals surface area (Å²) in [7, 11) is 0. The Hall–Kier alpha value is -2.64. The van der Waals surface area contributed by atoms with Crippen LogP contribution in [0.3, 0.4) is 0 Å². The number of carbonyl (C=O) groups excluding carboxylic acids is 2. The standard InChI is InChI=1S/C18H26N4O4/c1-7-13-15-20-14(8-2)16(22(15)9-11(3)19-13)25-10-26-17(24)18(5,6)21-12(4)23/h9H,7-8,10H2,1-6H3,(H,21,23). The summed E-state index contributed by atoms with van der Waals surface area (Å²) in [5.74, 6) is -0.350. The van der Waals surface area contributed by atoms with E-state index in [4.69, 9.17) is 9.47 Å². The van der Waals surface area contributed by atoms with Crippen LogP contribution in [0.25, 0.3) is 5.65 Å². The Morgan fingerprint density at radius 1 is 1.19 bits per heavy atom. The van der Waals surface area contributed by atoms with Crippen molar-refractivity contribution in [2.24, 2.45) is 0 Å². The monoisotopic (exact) mass is 362 g/mol. The normalized spacial score (nSPS) is 11.5. The average molecular weight is 362 g/mol. The highest BCUT2D eigenvalue weighted by molar-refractivity contribution is 5.86. The summed E-state index contributed by atoms with van der Waals surface area (Å²) in [5.41, 5.74) is 2.12. The molecular weight excluding hydrogens is 336 g/mol. The molecule has 2 heterocycles. The molecule has 0 aliphatic heterocycles. The first-order valence-electron chi connectivity index (χ1n) is 8.65. The maximum absolute atomic E-state index is 12.2. The van der Waals surface area contributed by atoms with Gasteiger partial charge in [-0.1, -0.05) is 13.8 Å². The molecule has 8 nitrogen and oxygen atoms in total. The molecule has 0 spiro atoms. The van der Waals surface area contributed by atoms with Crippen molar-refractivity contribution in [2.75, 3.05) is 6.79 Å². The number of hydrogen-bond acceptors (Lipinski definition) is 6. The Balaban J connectivity index is 2.19. The number of amides is 1. The summed E-state index contributed by atoms with van der Waals surface area (Å²) in [6.07, 6.45) is 3.27. The molecule has 0 bridgehead atoms. The van der Waals surface area contributed by atoms with Gasteiger partial charge in [-0.25, -0.2) is 9.78 Å². The molecule has 2 aromatic rings. The Morgan fingerprint density at radius 3 is 2.42 bits per heavy atom. The van der Waals surface area contributed by atoms with E-state index in [1.165, 1.54) is 6.92 Å². The molecule has 0 aliphatic rings. The average Bonchev–Trinajstić information content (AvgIpc) is 2.90. The van der Waals surface area contributed by atoms with E-state index in [9.17, 15) is 9.59 Å². The zero-order chi connectivity index (χ0) is 19.5. The van der Waals surface area contributed by atoms with Crippen molar-refractivity contribution >= 4 is 17.5 Å². The molecule has 0 fully saturated rings. The minimum atomic E-state index is -1.13. The second-order valence-corrected chi connectivity index (χ2v) is 6.59. The molecule has 0 unspecified atom stereocenters. The fraction of sp³-hybridized carbons (Fsp3) is 0.556. The number of ether oxygens (including phenoxy) is 2. The van der Waals surface area contributed by atoms with Gasteiger partial charge in [0.15, 0.2) is 5.65 Å². The van der Waals surface area contributed by atoms with Gasteiger partial charge in [0.05, 0.1) is 11.4 Å². The number of nitrogens with one attached hydrogen (secondary N) is 1. The van der Waals surface area contributed by atoms with Crippen LogP contribution in [0.5, 0.6) is 5.88 Å². The van der Waals surface area contributed by atoms with Crippen LogP contribution >= 0.6 is 0 Å². The minimum Gasteiger partial charge on any atom is -0.440 e. The van der Waals surface area contributed by atoms with Crippen LogP contribution in [-0.2, 0) is 27.2 Å². The third-order valence-electron chi connectivity index (χ3n) is 3.87. The Labute approximate surface area is 152 Å². The number of aryl methyl sites for hydroxylation is 3. The number of carbonyl (C=O) groups is 2. The van der Waals surface area contributed by atoms with Gasteiger partial charge in [0.2, 0.25) is 18.6 Å². The lowest BCUT2D eigenvalue weighted by Crippen LogP contribution is -2.50. The van der Waals surface area contributed by atoms with E-state index < -0.39 is 11.5 Å². The van der Waals surface area contributed by atoms with Crippen LogP contribution in [0.4, 0.5) is 0 Å². The highest BCUT2D eigenvalue weighted by atomic mass is 16.7. The maximum atomic E-state index is 12.2. The number of aromatic nitrogens is 3. The van der Waals surface area contributed by atoms with Crippen LogP contribution in [-0.4, -0.2) is 38.6 Å². The van der Waals surface area contributed by atoms with Crippen molar-refractivity contribution in [3.8, 4) is 5.88 Å². The summed E-state index contributed by atoms with van der Waals surface area (Å²) >= 11 is 0. The Bertz CT molecular complexity index is 826. The molecule has 0 saturated heterocycles. The van der Waals surface area contributed by atoms with E-state index in [0.717, 1.165) is 29.1 Å². The fourth-order valence-corrected chi connectivity index (χ4v) is 2.70. The molecule has 1 N–H and O–H groups in total. The van der Waals surface area contributed by atoms with Crippen molar-refractivity contribution in [1.82, 2.24) is 19.7 Å². The van der Waals surface area contributed by atoms with Crippen molar-refractivity contribution in [2.45, 2.75) is 59.9 Å². The third-order valence-corrected chi connectivity index (χ3v) is 3.87. The third kappa shape index (κ3) is 4.12. The van der Waals surface area contributed by atoms with Crippen molar-refractivity contribution in [1.29, 1.82) is 0 Å². The molecule has 0 aliphatic carbocycles. The van der Waals surface area contributed by atoms with Crippen molar-refractivity contribution in [3.63, 3.8) is 0 Å².